The van der Waals surface area contributed by atoms with Gasteiger partial charge in [0.15, 0.2) is 0 Å². The average Bonchev–Trinajstić information content (AvgIpc) is 2.64. The quantitative estimate of drug-likeness (QED) is 0.334. The molecule has 2 rings (SSSR count). The highest BCUT2D eigenvalue weighted by atomic mass is 32.2. The van der Waals surface area contributed by atoms with Gasteiger partial charge in [-0.05, 0) is 86.4 Å². The molecule has 0 radical (unpaired) electrons. The van der Waals surface area contributed by atoms with Gasteiger partial charge in [0.05, 0.1) is 0 Å². The molecule has 0 aromatic heterocycles. The zero-order valence-electron chi connectivity index (χ0n) is 17.1. The van der Waals surface area contributed by atoms with E-state index in [1.165, 1.54) is 45.0 Å². The van der Waals surface area contributed by atoms with E-state index < -0.39 is 0 Å². The molecule has 0 aliphatic carbocycles. The van der Waals surface area contributed by atoms with Gasteiger partial charge in [-0.25, -0.2) is 0 Å². The van der Waals surface area contributed by atoms with Crippen molar-refractivity contribution in [3.63, 3.8) is 0 Å². The molecule has 1 nitrogen and oxygen atoms in total. The lowest BCUT2D eigenvalue weighted by Gasteiger charge is -2.27. The lowest BCUT2D eigenvalue weighted by atomic mass is 10.1. The van der Waals surface area contributed by atoms with Crippen molar-refractivity contribution >= 4 is 23.1 Å². The molecule has 0 saturated heterocycles. The molecule has 0 fully saturated rings. The third-order valence-electron chi connectivity index (χ3n) is 5.00. The first-order valence-electron chi connectivity index (χ1n) is 9.67. The Morgan fingerprint density at radius 1 is 0.962 bits per heavy atom. The number of hydrogen-bond donors (Lipinski definition) is 0. The van der Waals surface area contributed by atoms with Crippen LogP contribution in [-0.2, 0) is 6.42 Å². The van der Waals surface area contributed by atoms with Crippen LogP contribution < -0.4 is 4.90 Å². The standard InChI is InChI=1S/C24H33NS/c1-7-9-18(3)12-13-25(22-11-10-19(4)20(5)14-22)23-15-21(8-2)16-24(17-23)26-6/h10-11,14-17H,3,7-9,12-13H2,1-2,4-6H3. The molecule has 0 heterocycles. The van der Waals surface area contributed by atoms with Crippen molar-refractivity contribution in [2.75, 3.05) is 17.7 Å². The number of anilines is 2. The second-order valence-electron chi connectivity index (χ2n) is 7.06. The number of hydrogen-bond acceptors (Lipinski definition) is 2. The van der Waals surface area contributed by atoms with E-state index in [0.29, 0.717) is 0 Å². The topological polar surface area (TPSA) is 3.24 Å². The molecular formula is C24H33NS. The lowest BCUT2D eigenvalue weighted by molar-refractivity contribution is 0.813. The maximum absolute atomic E-state index is 4.27. The molecule has 0 N–H and O–H groups in total. The highest BCUT2D eigenvalue weighted by Gasteiger charge is 2.13. The van der Waals surface area contributed by atoms with E-state index in [9.17, 15) is 0 Å². The second-order valence-corrected chi connectivity index (χ2v) is 7.94. The molecule has 140 valence electrons. The molecule has 0 amide bonds. The van der Waals surface area contributed by atoms with Gasteiger partial charge < -0.3 is 4.90 Å². The van der Waals surface area contributed by atoms with Gasteiger partial charge in [-0.3, -0.25) is 0 Å². The number of rotatable bonds is 9. The molecule has 0 saturated carbocycles. The Balaban J connectivity index is 2.42. The number of thioether (sulfide) groups is 1. The summed E-state index contributed by atoms with van der Waals surface area (Å²) in [4.78, 5) is 3.80. The van der Waals surface area contributed by atoms with Crippen LogP contribution in [0, 0.1) is 13.8 Å². The van der Waals surface area contributed by atoms with Gasteiger partial charge in [0.2, 0.25) is 0 Å². The summed E-state index contributed by atoms with van der Waals surface area (Å²) in [6, 6.07) is 13.8. The minimum atomic E-state index is 0.975. The van der Waals surface area contributed by atoms with E-state index in [1.807, 2.05) is 11.8 Å². The van der Waals surface area contributed by atoms with Crippen molar-refractivity contribution in [2.45, 2.75) is 58.3 Å². The highest BCUT2D eigenvalue weighted by Crippen LogP contribution is 2.32. The normalized spacial score (nSPS) is 10.8. The van der Waals surface area contributed by atoms with Gasteiger partial charge in [0, 0.05) is 22.8 Å². The molecule has 0 unspecified atom stereocenters. The Hall–Kier alpha value is -1.67. The van der Waals surface area contributed by atoms with Gasteiger partial charge >= 0.3 is 0 Å². The molecule has 0 atom stereocenters. The fourth-order valence-electron chi connectivity index (χ4n) is 3.17. The molecule has 0 aliphatic heterocycles. The maximum atomic E-state index is 4.27. The predicted molar refractivity (Wildman–Crippen MR) is 119 cm³/mol. The van der Waals surface area contributed by atoms with Gasteiger partial charge in [-0.15, -0.1) is 11.8 Å². The van der Waals surface area contributed by atoms with Crippen LogP contribution in [0.4, 0.5) is 11.4 Å². The fourth-order valence-corrected chi connectivity index (χ4v) is 3.68. The predicted octanol–water partition coefficient (Wildman–Crippen LogP) is 7.47. The van der Waals surface area contributed by atoms with Crippen molar-refractivity contribution in [3.05, 3.63) is 65.2 Å². The summed E-state index contributed by atoms with van der Waals surface area (Å²) in [6.45, 7) is 14.1. The van der Waals surface area contributed by atoms with Gasteiger partial charge in [0.1, 0.15) is 0 Å². The first-order chi connectivity index (χ1) is 12.5. The van der Waals surface area contributed by atoms with Crippen molar-refractivity contribution in [1.29, 1.82) is 0 Å². The van der Waals surface area contributed by atoms with Crippen molar-refractivity contribution < 1.29 is 0 Å². The van der Waals surface area contributed by atoms with E-state index in [4.69, 9.17) is 0 Å². The largest absolute Gasteiger partial charge is 0.341 e. The molecule has 0 aliphatic rings. The van der Waals surface area contributed by atoms with Crippen LogP contribution in [0.25, 0.3) is 0 Å². The van der Waals surface area contributed by atoms with Crippen LogP contribution >= 0.6 is 11.8 Å². The number of aryl methyl sites for hydroxylation is 3. The van der Waals surface area contributed by atoms with E-state index in [2.05, 4.69) is 81.8 Å². The molecule has 0 bridgehead atoms. The van der Waals surface area contributed by atoms with Crippen LogP contribution in [0.5, 0.6) is 0 Å². The summed E-state index contributed by atoms with van der Waals surface area (Å²) in [7, 11) is 0. The number of nitrogens with zero attached hydrogens (tertiary/aromatic N) is 1. The van der Waals surface area contributed by atoms with E-state index in [1.54, 1.807) is 0 Å². The summed E-state index contributed by atoms with van der Waals surface area (Å²) >= 11 is 1.82. The van der Waals surface area contributed by atoms with Crippen LogP contribution in [0.1, 0.15) is 49.8 Å². The van der Waals surface area contributed by atoms with E-state index in [0.717, 1.165) is 25.8 Å². The zero-order chi connectivity index (χ0) is 19.1. The molecule has 2 aromatic carbocycles. The first kappa shape index (κ1) is 20.6. The summed E-state index contributed by atoms with van der Waals surface area (Å²) in [5.41, 5.74) is 8.00. The smallest absolute Gasteiger partial charge is 0.0424 e. The van der Waals surface area contributed by atoms with Crippen LogP contribution in [0.3, 0.4) is 0 Å². The maximum Gasteiger partial charge on any atom is 0.0424 e. The van der Waals surface area contributed by atoms with E-state index >= 15 is 0 Å². The van der Waals surface area contributed by atoms with Crippen LogP contribution in [0.15, 0.2) is 53.4 Å². The SMILES string of the molecule is C=C(CCC)CCN(c1cc(CC)cc(SC)c1)c1ccc(C)c(C)c1. The summed E-state index contributed by atoms with van der Waals surface area (Å²) in [5.74, 6) is 0. The van der Waals surface area contributed by atoms with Crippen molar-refractivity contribution in [3.8, 4) is 0 Å². The Bertz CT molecular complexity index is 726. The van der Waals surface area contributed by atoms with Crippen molar-refractivity contribution in [2.24, 2.45) is 0 Å². The Morgan fingerprint density at radius 3 is 2.35 bits per heavy atom. The highest BCUT2D eigenvalue weighted by molar-refractivity contribution is 7.98. The van der Waals surface area contributed by atoms with Crippen molar-refractivity contribution in [1.82, 2.24) is 0 Å². The fraction of sp³-hybridized carbons (Fsp3) is 0.417. The second kappa shape index (κ2) is 9.87. The Morgan fingerprint density at radius 2 is 1.73 bits per heavy atom. The third kappa shape index (κ3) is 5.41. The Kier molecular flexibility index (Phi) is 7.84. The lowest BCUT2D eigenvalue weighted by Crippen LogP contribution is -2.19. The summed E-state index contributed by atoms with van der Waals surface area (Å²) in [6.07, 6.45) is 6.54. The Labute approximate surface area is 164 Å². The third-order valence-corrected chi connectivity index (χ3v) is 5.71. The number of benzene rings is 2. The monoisotopic (exact) mass is 367 g/mol. The van der Waals surface area contributed by atoms with Gasteiger partial charge in [-0.2, -0.15) is 0 Å². The van der Waals surface area contributed by atoms with Crippen LogP contribution in [0.2, 0.25) is 0 Å². The summed E-state index contributed by atoms with van der Waals surface area (Å²) < 4.78 is 0. The molecule has 0 spiro atoms. The minimum absolute atomic E-state index is 0.975. The van der Waals surface area contributed by atoms with Gasteiger partial charge in [-0.1, -0.05) is 38.5 Å². The summed E-state index contributed by atoms with van der Waals surface area (Å²) in [5, 5.41) is 0. The van der Waals surface area contributed by atoms with E-state index in [-0.39, 0.29) is 0 Å². The first-order valence-corrected chi connectivity index (χ1v) is 10.9. The zero-order valence-corrected chi connectivity index (χ0v) is 17.9. The molecule has 26 heavy (non-hydrogen) atoms. The van der Waals surface area contributed by atoms with Gasteiger partial charge in [0.25, 0.3) is 0 Å². The van der Waals surface area contributed by atoms with Crippen LogP contribution in [-0.4, -0.2) is 12.8 Å². The molecular weight excluding hydrogens is 334 g/mol. The average molecular weight is 368 g/mol. The molecule has 2 heteroatoms. The molecule has 2 aromatic rings. The minimum Gasteiger partial charge on any atom is -0.341 e.